The van der Waals surface area contributed by atoms with Crippen molar-refractivity contribution in [2.24, 2.45) is 0 Å². The Morgan fingerprint density at radius 3 is 2.65 bits per heavy atom. The Morgan fingerprint density at radius 1 is 0.923 bits per heavy atom. The van der Waals surface area contributed by atoms with Gasteiger partial charge in [-0.1, -0.05) is 42.5 Å². The number of benzene rings is 2. The minimum atomic E-state index is 0.294. The predicted molar refractivity (Wildman–Crippen MR) is 102 cm³/mol. The summed E-state index contributed by atoms with van der Waals surface area (Å²) in [6, 6.07) is 20.3. The van der Waals surface area contributed by atoms with Gasteiger partial charge in [0.1, 0.15) is 0 Å². The molecule has 0 spiro atoms. The first kappa shape index (κ1) is 14.7. The van der Waals surface area contributed by atoms with Crippen LogP contribution in [-0.2, 0) is 6.42 Å². The van der Waals surface area contributed by atoms with Gasteiger partial charge in [-0.2, -0.15) is 9.67 Å². The molecule has 6 nitrogen and oxygen atoms in total. The molecule has 0 aliphatic heterocycles. The van der Waals surface area contributed by atoms with Crippen LogP contribution in [0.4, 0.5) is 17.6 Å². The number of anilines is 3. The van der Waals surface area contributed by atoms with Crippen molar-refractivity contribution >= 4 is 17.6 Å². The quantitative estimate of drug-likeness (QED) is 0.525. The van der Waals surface area contributed by atoms with E-state index in [0.29, 0.717) is 17.7 Å². The third-order valence-corrected chi connectivity index (χ3v) is 4.60. The van der Waals surface area contributed by atoms with E-state index in [1.807, 2.05) is 30.3 Å². The van der Waals surface area contributed by atoms with Crippen molar-refractivity contribution in [1.82, 2.24) is 19.7 Å². The molecule has 5 rings (SSSR count). The van der Waals surface area contributed by atoms with Crippen molar-refractivity contribution in [3.8, 4) is 16.9 Å². The van der Waals surface area contributed by atoms with Gasteiger partial charge in [-0.25, -0.2) is 4.98 Å². The number of nitrogens with zero attached hydrogens (tertiary/aromatic N) is 4. The molecule has 4 aromatic rings. The highest BCUT2D eigenvalue weighted by molar-refractivity contribution is 5.82. The third-order valence-electron chi connectivity index (χ3n) is 4.60. The highest BCUT2D eigenvalue weighted by Crippen LogP contribution is 2.40. The van der Waals surface area contributed by atoms with E-state index in [9.17, 15) is 0 Å². The van der Waals surface area contributed by atoms with Crippen molar-refractivity contribution in [3.05, 3.63) is 78.0 Å². The number of nitrogen functional groups attached to an aromatic ring is 1. The summed E-state index contributed by atoms with van der Waals surface area (Å²) >= 11 is 0. The Labute approximate surface area is 150 Å². The van der Waals surface area contributed by atoms with Gasteiger partial charge in [-0.15, -0.1) is 5.10 Å². The molecular formula is C20H16N6. The number of nitrogens with two attached hydrogens (primary N) is 1. The second kappa shape index (κ2) is 5.70. The Kier molecular flexibility index (Phi) is 3.21. The molecule has 2 heterocycles. The summed E-state index contributed by atoms with van der Waals surface area (Å²) in [6.07, 6.45) is 2.59. The maximum absolute atomic E-state index is 6.02. The predicted octanol–water partition coefficient (Wildman–Crippen LogP) is 3.56. The average molecular weight is 340 g/mol. The summed E-state index contributed by atoms with van der Waals surface area (Å²) in [5, 5.41) is 7.78. The number of hydrogen-bond acceptors (Lipinski definition) is 5. The zero-order chi connectivity index (χ0) is 17.5. The SMILES string of the molecule is Nc1nc(Nc2cccc3c2Cc2ccccc2-3)nn1-c1ccccn1. The fourth-order valence-electron chi connectivity index (χ4n) is 3.42. The zero-order valence-corrected chi connectivity index (χ0v) is 13.9. The maximum atomic E-state index is 6.02. The van der Waals surface area contributed by atoms with Gasteiger partial charge in [-0.3, -0.25) is 0 Å². The van der Waals surface area contributed by atoms with Gasteiger partial charge in [0.2, 0.25) is 11.9 Å². The minimum absolute atomic E-state index is 0.294. The summed E-state index contributed by atoms with van der Waals surface area (Å²) < 4.78 is 1.53. The molecule has 0 radical (unpaired) electrons. The first-order valence-corrected chi connectivity index (χ1v) is 8.41. The molecule has 0 bridgehead atoms. The van der Waals surface area contributed by atoms with E-state index in [1.54, 1.807) is 6.20 Å². The molecule has 2 aromatic carbocycles. The van der Waals surface area contributed by atoms with Gasteiger partial charge < -0.3 is 11.1 Å². The van der Waals surface area contributed by atoms with Gasteiger partial charge in [0.15, 0.2) is 5.82 Å². The molecular weight excluding hydrogens is 324 g/mol. The molecule has 0 saturated carbocycles. The minimum Gasteiger partial charge on any atom is -0.368 e. The van der Waals surface area contributed by atoms with E-state index >= 15 is 0 Å². The second-order valence-corrected chi connectivity index (χ2v) is 6.18. The number of aromatic nitrogens is 4. The van der Waals surface area contributed by atoms with Gasteiger partial charge in [0, 0.05) is 18.3 Å². The highest BCUT2D eigenvalue weighted by atomic mass is 15.4. The standard InChI is InChI=1S/C20H16N6/c21-19-24-20(25-26(19)18-10-3-4-11-22-18)23-17-9-5-8-15-14-7-2-1-6-13(14)12-16(15)17/h1-11H,12H2,(H3,21,23,24,25). The van der Waals surface area contributed by atoms with Crippen molar-refractivity contribution in [1.29, 1.82) is 0 Å². The Hall–Kier alpha value is -3.67. The lowest BCUT2D eigenvalue weighted by atomic mass is 10.1. The van der Waals surface area contributed by atoms with Gasteiger partial charge >= 0.3 is 0 Å². The molecule has 0 fully saturated rings. The molecule has 6 heteroatoms. The Balaban J connectivity index is 1.51. The summed E-state index contributed by atoms with van der Waals surface area (Å²) in [4.78, 5) is 8.60. The van der Waals surface area contributed by atoms with Crippen LogP contribution in [0.25, 0.3) is 16.9 Å². The number of pyridine rings is 1. The lowest BCUT2D eigenvalue weighted by molar-refractivity contribution is 0.859. The van der Waals surface area contributed by atoms with Crippen LogP contribution in [-0.4, -0.2) is 19.7 Å². The van der Waals surface area contributed by atoms with E-state index in [1.165, 1.54) is 26.9 Å². The smallest absolute Gasteiger partial charge is 0.248 e. The zero-order valence-electron chi connectivity index (χ0n) is 13.9. The fourth-order valence-corrected chi connectivity index (χ4v) is 3.42. The molecule has 1 aliphatic rings. The number of fused-ring (bicyclic) bond motifs is 3. The summed E-state index contributed by atoms with van der Waals surface area (Å²) in [5.74, 6) is 1.39. The van der Waals surface area contributed by atoms with Crippen molar-refractivity contribution < 1.29 is 0 Å². The van der Waals surface area contributed by atoms with Crippen molar-refractivity contribution in [2.75, 3.05) is 11.1 Å². The largest absolute Gasteiger partial charge is 0.368 e. The Morgan fingerprint density at radius 2 is 1.77 bits per heavy atom. The van der Waals surface area contributed by atoms with Crippen molar-refractivity contribution in [2.45, 2.75) is 6.42 Å². The monoisotopic (exact) mass is 340 g/mol. The van der Waals surface area contributed by atoms with Crippen LogP contribution in [0.5, 0.6) is 0 Å². The number of hydrogen-bond donors (Lipinski definition) is 2. The van der Waals surface area contributed by atoms with E-state index in [4.69, 9.17) is 5.73 Å². The fraction of sp³-hybridized carbons (Fsp3) is 0.0500. The topological polar surface area (TPSA) is 81.6 Å². The van der Waals surface area contributed by atoms with E-state index < -0.39 is 0 Å². The molecule has 3 N–H and O–H groups in total. The summed E-state index contributed by atoms with van der Waals surface area (Å²) in [7, 11) is 0. The van der Waals surface area contributed by atoms with Crippen LogP contribution < -0.4 is 11.1 Å². The van der Waals surface area contributed by atoms with Crippen LogP contribution in [0.2, 0.25) is 0 Å². The third kappa shape index (κ3) is 2.31. The molecule has 26 heavy (non-hydrogen) atoms. The Bertz CT molecular complexity index is 1100. The first-order valence-electron chi connectivity index (χ1n) is 8.41. The number of rotatable bonds is 3. The summed E-state index contributed by atoms with van der Waals surface area (Å²) in [6.45, 7) is 0. The molecule has 126 valence electrons. The molecule has 0 unspecified atom stereocenters. The van der Waals surface area contributed by atoms with Gasteiger partial charge in [-0.05, 0) is 40.5 Å². The summed E-state index contributed by atoms with van der Waals surface area (Å²) in [5.41, 5.74) is 12.1. The lowest BCUT2D eigenvalue weighted by Crippen LogP contribution is -2.04. The second-order valence-electron chi connectivity index (χ2n) is 6.18. The van der Waals surface area contributed by atoms with E-state index in [0.717, 1.165) is 12.1 Å². The van der Waals surface area contributed by atoms with Crippen molar-refractivity contribution in [3.63, 3.8) is 0 Å². The van der Waals surface area contributed by atoms with E-state index in [-0.39, 0.29) is 0 Å². The van der Waals surface area contributed by atoms with Crippen LogP contribution >= 0.6 is 0 Å². The molecule has 0 atom stereocenters. The highest BCUT2D eigenvalue weighted by Gasteiger charge is 2.21. The number of nitrogens with one attached hydrogen (secondary N) is 1. The lowest BCUT2D eigenvalue weighted by Gasteiger charge is -2.08. The van der Waals surface area contributed by atoms with E-state index in [2.05, 4.69) is 50.7 Å². The molecule has 2 aromatic heterocycles. The van der Waals surface area contributed by atoms with Gasteiger partial charge in [0.25, 0.3) is 0 Å². The average Bonchev–Trinajstić information content (AvgIpc) is 3.23. The van der Waals surface area contributed by atoms with Gasteiger partial charge in [0.05, 0.1) is 0 Å². The maximum Gasteiger partial charge on any atom is 0.248 e. The molecule has 0 saturated heterocycles. The van der Waals surface area contributed by atoms with Crippen LogP contribution in [0.15, 0.2) is 66.9 Å². The molecule has 0 amide bonds. The normalized spacial score (nSPS) is 11.8. The van der Waals surface area contributed by atoms with Crippen LogP contribution in [0.1, 0.15) is 11.1 Å². The van der Waals surface area contributed by atoms with Crippen LogP contribution in [0.3, 0.4) is 0 Å². The first-order chi connectivity index (χ1) is 12.8. The van der Waals surface area contributed by atoms with Crippen LogP contribution in [0, 0.1) is 0 Å². The molecule has 1 aliphatic carbocycles.